The van der Waals surface area contributed by atoms with Crippen LogP contribution in [0.3, 0.4) is 0 Å². The maximum atomic E-state index is 11.7. The number of carbonyl (C=O) groups excluding carboxylic acids is 3. The number of hydrogen-bond acceptors (Lipinski definition) is 5. The lowest BCUT2D eigenvalue weighted by Crippen LogP contribution is -2.45. The van der Waals surface area contributed by atoms with E-state index in [9.17, 15) is 14.4 Å². The van der Waals surface area contributed by atoms with Gasteiger partial charge in [-0.05, 0) is 20.8 Å². The number of hydroxylamine groups is 2. The van der Waals surface area contributed by atoms with Gasteiger partial charge in [-0.3, -0.25) is 9.59 Å². The monoisotopic (exact) mass is 228 g/mol. The Morgan fingerprint density at radius 3 is 2.19 bits per heavy atom. The molecule has 1 saturated heterocycles. The van der Waals surface area contributed by atoms with E-state index in [0.29, 0.717) is 5.06 Å². The van der Waals surface area contributed by atoms with Gasteiger partial charge in [-0.25, -0.2) is 4.79 Å². The predicted octanol–water partition coefficient (Wildman–Crippen LogP) is -0.0330. The van der Waals surface area contributed by atoms with E-state index in [1.807, 2.05) is 0 Å². The van der Waals surface area contributed by atoms with Gasteiger partial charge in [-0.2, -0.15) is 0 Å². The molecule has 1 rings (SSSR count). The van der Waals surface area contributed by atoms with E-state index in [0.717, 1.165) is 0 Å². The molecule has 2 N–H and O–H groups in total. The molecule has 6 heteroatoms. The van der Waals surface area contributed by atoms with Gasteiger partial charge in [0, 0.05) is 18.9 Å². The van der Waals surface area contributed by atoms with Crippen molar-refractivity contribution in [1.82, 2.24) is 5.06 Å². The maximum Gasteiger partial charge on any atom is 0.340 e. The molecule has 1 aliphatic rings. The first-order valence-corrected chi connectivity index (χ1v) is 5.10. The molecule has 2 amide bonds. The molecule has 90 valence electrons. The van der Waals surface area contributed by atoms with Crippen molar-refractivity contribution in [2.45, 2.75) is 39.7 Å². The Bertz CT molecular complexity index is 320. The lowest BCUT2D eigenvalue weighted by Gasteiger charge is -2.27. The summed E-state index contributed by atoms with van der Waals surface area (Å²) in [6.45, 7) is 4.87. The van der Waals surface area contributed by atoms with Crippen LogP contribution in [0.15, 0.2) is 0 Å². The van der Waals surface area contributed by atoms with Crippen LogP contribution in [0.1, 0.15) is 33.6 Å². The molecule has 0 bridgehead atoms. The third kappa shape index (κ3) is 2.21. The van der Waals surface area contributed by atoms with Crippen molar-refractivity contribution in [3.8, 4) is 0 Å². The van der Waals surface area contributed by atoms with Crippen LogP contribution in [0.2, 0.25) is 0 Å². The van der Waals surface area contributed by atoms with Crippen LogP contribution in [0.5, 0.6) is 0 Å². The fourth-order valence-corrected chi connectivity index (χ4v) is 1.04. The fourth-order valence-electron chi connectivity index (χ4n) is 1.04. The second kappa shape index (κ2) is 4.21. The molecule has 0 radical (unpaired) electrons. The average molecular weight is 228 g/mol. The van der Waals surface area contributed by atoms with Crippen molar-refractivity contribution >= 4 is 17.8 Å². The molecule has 0 aliphatic carbocycles. The third-order valence-corrected chi connectivity index (χ3v) is 2.84. The third-order valence-electron chi connectivity index (χ3n) is 2.84. The fraction of sp³-hybridized carbons (Fsp3) is 0.700. The first kappa shape index (κ1) is 12.6. The van der Waals surface area contributed by atoms with Crippen LogP contribution in [0.25, 0.3) is 0 Å². The topological polar surface area (TPSA) is 89.7 Å². The maximum absolute atomic E-state index is 11.7. The van der Waals surface area contributed by atoms with Gasteiger partial charge in [-0.1, -0.05) is 0 Å². The van der Waals surface area contributed by atoms with Gasteiger partial charge in [0.1, 0.15) is 0 Å². The molecule has 6 nitrogen and oxygen atoms in total. The molecule has 0 aromatic rings. The lowest BCUT2D eigenvalue weighted by molar-refractivity contribution is -0.204. The minimum absolute atomic E-state index is 0.0880. The molecule has 16 heavy (non-hydrogen) atoms. The van der Waals surface area contributed by atoms with Crippen LogP contribution in [-0.2, 0) is 19.2 Å². The molecular formula is C10H16N2O4. The van der Waals surface area contributed by atoms with Crippen LogP contribution < -0.4 is 5.73 Å². The summed E-state index contributed by atoms with van der Waals surface area (Å²) in [4.78, 5) is 38.9. The van der Waals surface area contributed by atoms with Crippen molar-refractivity contribution in [3.05, 3.63) is 0 Å². The van der Waals surface area contributed by atoms with Crippen molar-refractivity contribution in [2.24, 2.45) is 11.1 Å². The highest BCUT2D eigenvalue weighted by Crippen LogP contribution is 2.23. The summed E-state index contributed by atoms with van der Waals surface area (Å²) in [6, 6.07) is -0.437. The minimum atomic E-state index is -0.941. The van der Waals surface area contributed by atoms with Crippen molar-refractivity contribution in [2.75, 3.05) is 0 Å². The summed E-state index contributed by atoms with van der Waals surface area (Å²) in [7, 11) is 0. The SMILES string of the molecule is CC(N)C(C)(C)C(=O)ON1C(=O)CCC1=O. The van der Waals surface area contributed by atoms with Crippen molar-refractivity contribution in [1.29, 1.82) is 0 Å². The average Bonchev–Trinajstić information content (AvgIpc) is 2.49. The summed E-state index contributed by atoms with van der Waals surface area (Å²) >= 11 is 0. The van der Waals surface area contributed by atoms with Crippen molar-refractivity contribution in [3.63, 3.8) is 0 Å². The first-order valence-electron chi connectivity index (χ1n) is 5.10. The zero-order valence-corrected chi connectivity index (χ0v) is 9.65. The normalized spacial score (nSPS) is 18.9. The molecule has 1 unspecified atom stereocenters. The Morgan fingerprint density at radius 2 is 1.81 bits per heavy atom. The van der Waals surface area contributed by atoms with Gasteiger partial charge >= 0.3 is 5.97 Å². The van der Waals surface area contributed by atoms with Crippen molar-refractivity contribution < 1.29 is 19.2 Å². The van der Waals surface area contributed by atoms with Crippen LogP contribution in [0, 0.1) is 5.41 Å². The highest BCUT2D eigenvalue weighted by atomic mass is 16.7. The predicted molar refractivity (Wildman–Crippen MR) is 54.6 cm³/mol. The van der Waals surface area contributed by atoms with E-state index in [-0.39, 0.29) is 12.8 Å². The summed E-state index contributed by atoms with van der Waals surface area (Å²) < 4.78 is 0. The molecule has 0 aromatic heterocycles. The van der Waals surface area contributed by atoms with Gasteiger partial charge in [0.2, 0.25) is 0 Å². The van der Waals surface area contributed by atoms with E-state index in [4.69, 9.17) is 10.6 Å². The molecule has 1 atom stereocenters. The second-order valence-electron chi connectivity index (χ2n) is 4.47. The van der Waals surface area contributed by atoms with E-state index in [2.05, 4.69) is 0 Å². The lowest BCUT2D eigenvalue weighted by atomic mass is 9.86. The Kier molecular flexibility index (Phi) is 3.32. The van der Waals surface area contributed by atoms with Crippen LogP contribution in [0.4, 0.5) is 0 Å². The molecule has 1 aliphatic heterocycles. The Hall–Kier alpha value is -1.43. The molecule has 1 heterocycles. The Balaban J connectivity index is 2.71. The molecule has 1 fully saturated rings. The number of amides is 2. The van der Waals surface area contributed by atoms with E-state index < -0.39 is 29.2 Å². The Labute approximate surface area is 93.7 Å². The van der Waals surface area contributed by atoms with E-state index in [1.54, 1.807) is 20.8 Å². The van der Waals surface area contributed by atoms with Gasteiger partial charge in [0.25, 0.3) is 11.8 Å². The molecule has 0 saturated carbocycles. The standard InChI is InChI=1S/C10H16N2O4/c1-6(11)10(2,3)9(15)16-12-7(13)4-5-8(12)14/h6H,4-5,11H2,1-3H3. The second-order valence-corrected chi connectivity index (χ2v) is 4.47. The number of carbonyl (C=O) groups is 3. The zero-order chi connectivity index (χ0) is 12.5. The smallest absolute Gasteiger partial charge is 0.330 e. The summed E-state index contributed by atoms with van der Waals surface area (Å²) in [5.74, 6) is -1.65. The Morgan fingerprint density at radius 1 is 1.38 bits per heavy atom. The highest BCUT2D eigenvalue weighted by molar-refractivity contribution is 6.01. The number of rotatable bonds is 3. The number of nitrogens with two attached hydrogens (primary N) is 1. The van der Waals surface area contributed by atoms with Gasteiger partial charge in [0.15, 0.2) is 0 Å². The first-order chi connectivity index (χ1) is 7.26. The summed E-state index contributed by atoms with van der Waals surface area (Å²) in [6.07, 6.45) is 0.176. The van der Waals surface area contributed by atoms with E-state index >= 15 is 0 Å². The molecule has 0 spiro atoms. The largest absolute Gasteiger partial charge is 0.340 e. The van der Waals surface area contributed by atoms with E-state index in [1.165, 1.54) is 0 Å². The van der Waals surface area contributed by atoms with Gasteiger partial charge in [-0.15, -0.1) is 5.06 Å². The summed E-state index contributed by atoms with van der Waals surface area (Å²) in [5, 5.41) is 0.534. The van der Waals surface area contributed by atoms with Crippen LogP contribution >= 0.6 is 0 Å². The zero-order valence-electron chi connectivity index (χ0n) is 9.65. The highest BCUT2D eigenvalue weighted by Gasteiger charge is 2.39. The number of hydrogen-bond donors (Lipinski definition) is 1. The summed E-state index contributed by atoms with van der Waals surface area (Å²) in [5.41, 5.74) is 4.68. The molecular weight excluding hydrogens is 212 g/mol. The minimum Gasteiger partial charge on any atom is -0.330 e. The van der Waals surface area contributed by atoms with Gasteiger partial charge in [0.05, 0.1) is 5.41 Å². The molecule has 0 aromatic carbocycles. The number of imide groups is 1. The van der Waals surface area contributed by atoms with Gasteiger partial charge < -0.3 is 10.6 Å². The van der Waals surface area contributed by atoms with Crippen LogP contribution in [-0.4, -0.2) is 28.9 Å². The number of nitrogens with zero attached hydrogens (tertiary/aromatic N) is 1. The quantitative estimate of drug-likeness (QED) is 0.685.